The van der Waals surface area contributed by atoms with Crippen LogP contribution in [0.4, 0.5) is 0 Å². The maximum Gasteiger partial charge on any atom is 0.269 e. The van der Waals surface area contributed by atoms with Crippen LogP contribution in [-0.2, 0) is 14.3 Å². The van der Waals surface area contributed by atoms with E-state index in [0.717, 1.165) is 6.42 Å². The first kappa shape index (κ1) is 13.1. The predicted octanol–water partition coefficient (Wildman–Crippen LogP) is 0.298. The van der Waals surface area contributed by atoms with Gasteiger partial charge in [0.25, 0.3) is 5.91 Å². The molecule has 0 heterocycles. The van der Waals surface area contributed by atoms with Gasteiger partial charge in [-0.15, -0.1) is 0 Å². The van der Waals surface area contributed by atoms with Gasteiger partial charge in [-0.2, -0.15) is 0 Å². The molecule has 0 spiro atoms. The van der Waals surface area contributed by atoms with Crippen molar-refractivity contribution >= 4 is 11.8 Å². The topological polar surface area (TPSA) is 72.6 Å². The second-order valence-corrected chi connectivity index (χ2v) is 3.52. The maximum absolute atomic E-state index is 11.3. The fourth-order valence-corrected chi connectivity index (χ4v) is 0.865. The largest absolute Gasteiger partial charge is 0.375 e. The Bertz CT molecular complexity index is 204. The van der Waals surface area contributed by atoms with Crippen LogP contribution in [0.2, 0.25) is 0 Å². The van der Waals surface area contributed by atoms with Crippen LogP contribution in [0.5, 0.6) is 0 Å². The number of hydrazine groups is 1. The van der Waals surface area contributed by atoms with E-state index in [9.17, 15) is 9.59 Å². The number of carbonyl (C=O) groups is 2. The van der Waals surface area contributed by atoms with E-state index in [1.54, 1.807) is 0 Å². The van der Waals surface area contributed by atoms with E-state index >= 15 is 0 Å². The van der Waals surface area contributed by atoms with E-state index in [-0.39, 0.29) is 12.5 Å². The normalized spacial score (nSPS) is 10.4. The van der Waals surface area contributed by atoms with Crippen molar-refractivity contribution in [3.05, 3.63) is 0 Å². The molecule has 0 fully saturated rings. The molecule has 14 heavy (non-hydrogen) atoms. The summed E-state index contributed by atoms with van der Waals surface area (Å²) in [6, 6.07) is 0. The van der Waals surface area contributed by atoms with Crippen LogP contribution in [0.15, 0.2) is 0 Å². The Labute approximate surface area is 84.2 Å². The molecule has 0 bridgehead atoms. The molecule has 0 saturated carbocycles. The van der Waals surface area contributed by atoms with Crippen molar-refractivity contribution in [1.29, 1.82) is 0 Å². The lowest BCUT2D eigenvalue weighted by Gasteiger charge is -2.14. The zero-order valence-electron chi connectivity index (χ0n) is 8.95. The van der Waals surface area contributed by atoms with Crippen LogP contribution < -0.4 is 5.84 Å². The van der Waals surface area contributed by atoms with Gasteiger partial charge in [0.15, 0.2) is 0 Å². The Balaban J connectivity index is 3.92. The number of rotatable bonds is 5. The highest BCUT2D eigenvalue weighted by Gasteiger charge is 2.17. The summed E-state index contributed by atoms with van der Waals surface area (Å²) < 4.78 is 4.58. The van der Waals surface area contributed by atoms with Crippen molar-refractivity contribution in [3.8, 4) is 0 Å². The van der Waals surface area contributed by atoms with Crippen molar-refractivity contribution in [1.82, 2.24) is 5.01 Å². The van der Waals surface area contributed by atoms with Gasteiger partial charge in [0.05, 0.1) is 0 Å². The van der Waals surface area contributed by atoms with E-state index in [2.05, 4.69) is 4.74 Å². The Morgan fingerprint density at radius 1 is 1.36 bits per heavy atom. The molecule has 0 aliphatic carbocycles. The maximum atomic E-state index is 11.3. The van der Waals surface area contributed by atoms with Crippen LogP contribution in [0.1, 0.15) is 26.7 Å². The van der Waals surface area contributed by atoms with Gasteiger partial charge in [0.2, 0.25) is 5.91 Å². The molecule has 82 valence electrons. The molecule has 0 atom stereocenters. The van der Waals surface area contributed by atoms with Crippen molar-refractivity contribution in [2.24, 2.45) is 11.8 Å². The molecule has 0 saturated heterocycles. The number of nitrogens with zero attached hydrogens (tertiary/aromatic N) is 1. The number of carbonyl (C=O) groups excluding carboxylic acids is 2. The number of hydrogen-bond donors (Lipinski definition) is 1. The summed E-state index contributed by atoms with van der Waals surface area (Å²) in [5, 5.41) is 0.631. The van der Waals surface area contributed by atoms with Gasteiger partial charge in [-0.25, -0.2) is 10.9 Å². The van der Waals surface area contributed by atoms with Gasteiger partial charge < -0.3 is 4.74 Å². The van der Waals surface area contributed by atoms with E-state index in [1.165, 1.54) is 7.11 Å². The number of ether oxygens (including phenoxy) is 1. The summed E-state index contributed by atoms with van der Waals surface area (Å²) in [5.41, 5.74) is 0. The molecule has 5 heteroatoms. The molecule has 0 aromatic carbocycles. The van der Waals surface area contributed by atoms with Crippen LogP contribution in [0.25, 0.3) is 0 Å². The second kappa shape index (κ2) is 6.50. The fraction of sp³-hybridized carbons (Fsp3) is 0.778. The quantitative estimate of drug-likeness (QED) is 0.395. The molecule has 5 nitrogen and oxygen atoms in total. The molecular formula is C9H18N2O3. The van der Waals surface area contributed by atoms with Crippen LogP contribution in [0.3, 0.4) is 0 Å². The van der Waals surface area contributed by atoms with Crippen molar-refractivity contribution < 1.29 is 14.3 Å². The molecular weight excluding hydrogens is 184 g/mol. The SMILES string of the molecule is COCC(=O)N(N)C(=O)CCC(C)C. The molecule has 0 aliphatic heterocycles. The second-order valence-electron chi connectivity index (χ2n) is 3.52. The molecule has 0 aliphatic rings. The third-order valence-electron chi connectivity index (χ3n) is 1.74. The van der Waals surface area contributed by atoms with Crippen molar-refractivity contribution in [2.45, 2.75) is 26.7 Å². The minimum atomic E-state index is -0.513. The van der Waals surface area contributed by atoms with Gasteiger partial charge in [0, 0.05) is 13.5 Å². The minimum Gasteiger partial charge on any atom is -0.375 e. The fourth-order valence-electron chi connectivity index (χ4n) is 0.865. The summed E-state index contributed by atoms with van der Waals surface area (Å²) in [4.78, 5) is 22.4. The lowest BCUT2D eigenvalue weighted by atomic mass is 10.1. The van der Waals surface area contributed by atoms with Crippen LogP contribution in [-0.4, -0.2) is 30.5 Å². The number of amides is 2. The van der Waals surface area contributed by atoms with Gasteiger partial charge in [-0.1, -0.05) is 13.8 Å². The van der Waals surface area contributed by atoms with Crippen LogP contribution >= 0.6 is 0 Å². The van der Waals surface area contributed by atoms with E-state index in [0.29, 0.717) is 17.3 Å². The summed E-state index contributed by atoms with van der Waals surface area (Å²) in [7, 11) is 1.38. The molecule has 0 aromatic heterocycles. The van der Waals surface area contributed by atoms with E-state index in [4.69, 9.17) is 5.84 Å². The lowest BCUT2D eigenvalue weighted by molar-refractivity contribution is -0.147. The molecule has 0 radical (unpaired) electrons. The first-order chi connectivity index (χ1) is 6.49. The first-order valence-electron chi connectivity index (χ1n) is 4.58. The average molecular weight is 202 g/mol. The lowest BCUT2D eigenvalue weighted by Crippen LogP contribution is -2.44. The molecule has 0 aromatic rings. The smallest absolute Gasteiger partial charge is 0.269 e. The summed E-state index contributed by atoms with van der Waals surface area (Å²) in [5.74, 6) is 4.84. The van der Waals surface area contributed by atoms with Gasteiger partial charge >= 0.3 is 0 Å². The summed E-state index contributed by atoms with van der Waals surface area (Å²) in [6.07, 6.45) is 1.02. The minimum absolute atomic E-state index is 0.163. The molecule has 2 amide bonds. The highest BCUT2D eigenvalue weighted by molar-refractivity contribution is 5.95. The van der Waals surface area contributed by atoms with Gasteiger partial charge in [-0.3, -0.25) is 9.59 Å². The molecule has 2 N–H and O–H groups in total. The zero-order chi connectivity index (χ0) is 11.1. The zero-order valence-corrected chi connectivity index (χ0v) is 8.95. The number of methoxy groups -OCH3 is 1. The van der Waals surface area contributed by atoms with Crippen molar-refractivity contribution in [2.75, 3.05) is 13.7 Å². The third kappa shape index (κ3) is 4.94. The number of imide groups is 1. The number of nitrogens with two attached hydrogens (primary N) is 1. The Morgan fingerprint density at radius 2 is 1.93 bits per heavy atom. The average Bonchev–Trinajstić information content (AvgIpc) is 2.13. The van der Waals surface area contributed by atoms with Crippen LogP contribution in [0, 0.1) is 5.92 Å². The highest BCUT2D eigenvalue weighted by Crippen LogP contribution is 2.04. The van der Waals surface area contributed by atoms with E-state index < -0.39 is 5.91 Å². The predicted molar refractivity (Wildman–Crippen MR) is 52.0 cm³/mol. The summed E-state index contributed by atoms with van der Waals surface area (Å²) in [6.45, 7) is 3.85. The Kier molecular flexibility index (Phi) is 6.07. The Morgan fingerprint density at radius 3 is 2.36 bits per heavy atom. The van der Waals surface area contributed by atoms with Gasteiger partial charge in [-0.05, 0) is 12.3 Å². The monoisotopic (exact) mass is 202 g/mol. The first-order valence-corrected chi connectivity index (χ1v) is 4.58. The summed E-state index contributed by atoms with van der Waals surface area (Å²) >= 11 is 0. The highest BCUT2D eigenvalue weighted by atomic mass is 16.5. The standard InChI is InChI=1S/C9H18N2O3/c1-7(2)4-5-8(12)11(10)9(13)6-14-3/h7H,4-6,10H2,1-3H3. The Hall–Kier alpha value is -0.940. The number of hydrogen-bond acceptors (Lipinski definition) is 4. The molecule has 0 rings (SSSR count). The van der Waals surface area contributed by atoms with Crippen molar-refractivity contribution in [3.63, 3.8) is 0 Å². The molecule has 0 unspecified atom stereocenters. The van der Waals surface area contributed by atoms with Gasteiger partial charge in [0.1, 0.15) is 6.61 Å². The third-order valence-corrected chi connectivity index (χ3v) is 1.74. The van der Waals surface area contributed by atoms with E-state index in [1.807, 2.05) is 13.8 Å².